The molecule has 2 fully saturated rings. The van der Waals surface area contributed by atoms with Crippen LogP contribution >= 0.6 is 0 Å². The van der Waals surface area contributed by atoms with E-state index in [0.717, 1.165) is 74.7 Å². The first-order chi connectivity index (χ1) is 17.1. The molecule has 1 amide bonds. The van der Waals surface area contributed by atoms with Gasteiger partial charge in [-0.2, -0.15) is 5.10 Å². The molecular formula is C26H31FN6O2. The summed E-state index contributed by atoms with van der Waals surface area (Å²) in [5.74, 6) is 0.786. The minimum absolute atomic E-state index is 0.183. The molecule has 2 saturated heterocycles. The third-order valence-corrected chi connectivity index (χ3v) is 7.34. The molecule has 0 spiro atoms. The van der Waals surface area contributed by atoms with Gasteiger partial charge in [0.2, 0.25) is 0 Å². The Morgan fingerprint density at radius 3 is 2.74 bits per heavy atom. The second kappa shape index (κ2) is 9.11. The number of halogens is 1. The van der Waals surface area contributed by atoms with E-state index in [1.54, 1.807) is 6.07 Å². The number of hydrogen-bond acceptors (Lipinski definition) is 6. The van der Waals surface area contributed by atoms with Crippen molar-refractivity contribution >= 4 is 17.4 Å². The summed E-state index contributed by atoms with van der Waals surface area (Å²) >= 11 is 0. The van der Waals surface area contributed by atoms with E-state index in [2.05, 4.69) is 22.9 Å². The Morgan fingerprint density at radius 2 is 1.91 bits per heavy atom. The van der Waals surface area contributed by atoms with Gasteiger partial charge >= 0.3 is 0 Å². The standard InChI is InChI=1S/C26H31FN6O2/c1-30-9-5-13-35-23-8-7-18(27)14-20(23)26(34)32-12-3-2-6-22(32)21-16-25-28-24(31-10-4-11-31)15-19(17-30)33(25)29-21/h7-8,14-16,22H,2-6,9-13,17H2,1H3. The van der Waals surface area contributed by atoms with Crippen molar-refractivity contribution in [2.75, 3.05) is 44.7 Å². The lowest BCUT2D eigenvalue weighted by Crippen LogP contribution is -2.39. The third kappa shape index (κ3) is 4.22. The van der Waals surface area contributed by atoms with E-state index >= 15 is 0 Å². The largest absolute Gasteiger partial charge is 0.493 e. The molecule has 1 atom stereocenters. The summed E-state index contributed by atoms with van der Waals surface area (Å²) in [6, 6.07) is 8.22. The van der Waals surface area contributed by atoms with Crippen LogP contribution in [0.15, 0.2) is 30.3 Å². The molecule has 3 aliphatic rings. The van der Waals surface area contributed by atoms with E-state index in [9.17, 15) is 9.18 Å². The van der Waals surface area contributed by atoms with Crippen molar-refractivity contribution in [1.29, 1.82) is 0 Å². The van der Waals surface area contributed by atoms with E-state index in [-0.39, 0.29) is 17.5 Å². The van der Waals surface area contributed by atoms with E-state index in [4.69, 9.17) is 14.8 Å². The van der Waals surface area contributed by atoms with Gasteiger partial charge in [-0.1, -0.05) is 0 Å². The first-order valence-electron chi connectivity index (χ1n) is 12.6. The molecule has 8 nitrogen and oxygen atoms in total. The molecule has 5 heterocycles. The highest BCUT2D eigenvalue weighted by molar-refractivity contribution is 5.97. The van der Waals surface area contributed by atoms with Gasteiger partial charge in [0.15, 0.2) is 5.65 Å². The fourth-order valence-electron chi connectivity index (χ4n) is 5.33. The van der Waals surface area contributed by atoms with Gasteiger partial charge in [-0.3, -0.25) is 4.79 Å². The molecule has 3 aromatic rings. The van der Waals surface area contributed by atoms with Crippen molar-refractivity contribution in [3.63, 3.8) is 0 Å². The average Bonchev–Trinajstić information content (AvgIpc) is 3.25. The monoisotopic (exact) mass is 478 g/mol. The highest BCUT2D eigenvalue weighted by Crippen LogP contribution is 2.34. The summed E-state index contributed by atoms with van der Waals surface area (Å²) in [6.45, 7) is 4.66. The smallest absolute Gasteiger partial charge is 0.258 e. The number of piperidine rings is 1. The SMILES string of the molecule is CN1CCCOc2ccc(F)cc2C(=O)N2CCCCC2c2cc3nc(N4CCC4)cc(n3n2)C1. The van der Waals surface area contributed by atoms with Crippen LogP contribution in [0, 0.1) is 5.82 Å². The minimum Gasteiger partial charge on any atom is -0.493 e. The fourth-order valence-corrected chi connectivity index (χ4v) is 5.33. The summed E-state index contributed by atoms with van der Waals surface area (Å²) in [5, 5.41) is 4.99. The number of aromatic nitrogens is 3. The van der Waals surface area contributed by atoms with Crippen molar-refractivity contribution in [2.45, 2.75) is 44.7 Å². The number of amides is 1. The van der Waals surface area contributed by atoms with Crippen LogP contribution in [-0.4, -0.2) is 70.1 Å². The maximum atomic E-state index is 14.2. The molecule has 35 heavy (non-hydrogen) atoms. The number of nitrogens with zero attached hydrogens (tertiary/aromatic N) is 6. The lowest BCUT2D eigenvalue weighted by Gasteiger charge is -2.35. The normalized spacial score (nSPS) is 21.7. The number of rotatable bonds is 1. The summed E-state index contributed by atoms with van der Waals surface area (Å²) in [6.07, 6.45) is 4.71. The van der Waals surface area contributed by atoms with Crippen LogP contribution in [0.4, 0.5) is 10.2 Å². The molecular weight excluding hydrogens is 447 g/mol. The highest BCUT2D eigenvalue weighted by atomic mass is 19.1. The molecule has 2 aromatic heterocycles. The Balaban J connectivity index is 1.46. The molecule has 1 unspecified atom stereocenters. The van der Waals surface area contributed by atoms with Crippen LogP contribution in [0.25, 0.3) is 5.65 Å². The second-order valence-electron chi connectivity index (χ2n) is 9.88. The zero-order chi connectivity index (χ0) is 23.9. The first-order valence-corrected chi connectivity index (χ1v) is 12.6. The quantitative estimate of drug-likeness (QED) is 0.532. The molecule has 1 aromatic carbocycles. The van der Waals surface area contributed by atoms with Gasteiger partial charge in [0, 0.05) is 44.9 Å². The Kier molecular flexibility index (Phi) is 5.80. The van der Waals surface area contributed by atoms with E-state index in [0.29, 0.717) is 18.9 Å². The number of hydrogen-bond donors (Lipinski definition) is 0. The molecule has 0 N–H and O–H groups in total. The van der Waals surface area contributed by atoms with Gasteiger partial charge in [-0.25, -0.2) is 13.9 Å². The zero-order valence-corrected chi connectivity index (χ0v) is 20.1. The van der Waals surface area contributed by atoms with Crippen LogP contribution in [0.2, 0.25) is 0 Å². The lowest BCUT2D eigenvalue weighted by molar-refractivity contribution is 0.0600. The first kappa shape index (κ1) is 22.3. The van der Waals surface area contributed by atoms with Crippen molar-refractivity contribution in [1.82, 2.24) is 24.4 Å². The zero-order valence-electron chi connectivity index (χ0n) is 20.1. The topological polar surface area (TPSA) is 66.2 Å². The van der Waals surface area contributed by atoms with Crippen LogP contribution in [0.1, 0.15) is 59.9 Å². The predicted octanol–water partition coefficient (Wildman–Crippen LogP) is 3.66. The van der Waals surface area contributed by atoms with Gasteiger partial charge in [-0.15, -0.1) is 0 Å². The number of benzene rings is 1. The van der Waals surface area contributed by atoms with Gasteiger partial charge < -0.3 is 19.4 Å². The molecule has 9 heteroatoms. The molecule has 0 aliphatic carbocycles. The van der Waals surface area contributed by atoms with Crippen molar-refractivity contribution < 1.29 is 13.9 Å². The van der Waals surface area contributed by atoms with Crippen LogP contribution in [0.5, 0.6) is 5.75 Å². The summed E-state index contributed by atoms with van der Waals surface area (Å²) in [7, 11) is 2.09. The molecule has 184 valence electrons. The van der Waals surface area contributed by atoms with Crippen LogP contribution in [0.3, 0.4) is 0 Å². The Bertz CT molecular complexity index is 1260. The van der Waals surface area contributed by atoms with Gasteiger partial charge in [0.25, 0.3) is 5.91 Å². The van der Waals surface area contributed by atoms with Crippen LogP contribution < -0.4 is 9.64 Å². The lowest BCUT2D eigenvalue weighted by atomic mass is 9.98. The van der Waals surface area contributed by atoms with Gasteiger partial charge in [0.05, 0.1) is 29.6 Å². The number of carbonyl (C=O) groups excluding carboxylic acids is 1. The van der Waals surface area contributed by atoms with E-state index in [1.165, 1.54) is 18.6 Å². The van der Waals surface area contributed by atoms with E-state index < -0.39 is 5.82 Å². The Hall–Kier alpha value is -3.20. The maximum Gasteiger partial charge on any atom is 0.258 e. The summed E-state index contributed by atoms with van der Waals surface area (Å²) < 4.78 is 22.1. The van der Waals surface area contributed by atoms with Crippen molar-refractivity contribution in [2.24, 2.45) is 0 Å². The van der Waals surface area contributed by atoms with Crippen molar-refractivity contribution in [3.8, 4) is 5.75 Å². The highest BCUT2D eigenvalue weighted by Gasteiger charge is 2.33. The molecule has 6 rings (SSSR count). The van der Waals surface area contributed by atoms with Crippen molar-refractivity contribution in [3.05, 3.63) is 53.1 Å². The fraction of sp³-hybridized carbons (Fsp3) is 0.500. The molecule has 0 radical (unpaired) electrons. The van der Waals surface area contributed by atoms with Gasteiger partial charge in [0.1, 0.15) is 17.4 Å². The predicted molar refractivity (Wildman–Crippen MR) is 130 cm³/mol. The average molecular weight is 479 g/mol. The minimum atomic E-state index is -0.438. The summed E-state index contributed by atoms with van der Waals surface area (Å²) in [4.78, 5) is 25.1. The maximum absolute atomic E-state index is 14.2. The van der Waals surface area contributed by atoms with E-state index in [1.807, 2.05) is 15.5 Å². The molecule has 0 saturated carbocycles. The molecule has 2 bridgehead atoms. The number of anilines is 1. The number of ether oxygens (including phenoxy) is 1. The second-order valence-corrected chi connectivity index (χ2v) is 9.88. The summed E-state index contributed by atoms with van der Waals surface area (Å²) in [5.41, 5.74) is 3.01. The Morgan fingerprint density at radius 1 is 1.03 bits per heavy atom. The third-order valence-electron chi connectivity index (χ3n) is 7.34. The van der Waals surface area contributed by atoms with Gasteiger partial charge in [-0.05, 0) is 57.4 Å². The van der Waals surface area contributed by atoms with Crippen LogP contribution in [-0.2, 0) is 6.54 Å². The Labute approximate surface area is 204 Å². The number of fused-ring (bicyclic) bond motifs is 4. The molecule has 3 aliphatic heterocycles. The number of carbonyl (C=O) groups is 1.